The van der Waals surface area contributed by atoms with Crippen LogP contribution in [0.15, 0.2) is 57.8 Å². The van der Waals surface area contributed by atoms with Gasteiger partial charge in [-0.15, -0.1) is 11.8 Å². The van der Waals surface area contributed by atoms with Gasteiger partial charge in [0.25, 0.3) is 0 Å². The quantitative estimate of drug-likeness (QED) is 0.369. The molecule has 0 saturated carbocycles. The van der Waals surface area contributed by atoms with Crippen molar-refractivity contribution in [2.45, 2.75) is 18.7 Å². The van der Waals surface area contributed by atoms with Crippen molar-refractivity contribution in [2.24, 2.45) is 0 Å². The van der Waals surface area contributed by atoms with Gasteiger partial charge in [-0.25, -0.2) is 0 Å². The summed E-state index contributed by atoms with van der Waals surface area (Å²) in [6.45, 7) is 3.72. The molecule has 1 aromatic heterocycles. The van der Waals surface area contributed by atoms with Crippen LogP contribution in [0, 0.1) is 13.8 Å². The van der Waals surface area contributed by atoms with E-state index in [1.165, 1.54) is 17.3 Å². The lowest BCUT2D eigenvalue weighted by Gasteiger charge is -2.06. The average Bonchev–Trinajstić information content (AvgIpc) is 3.03. The molecular formula is C20H18O4S. The smallest absolute Gasteiger partial charge is 0.316 e. The van der Waals surface area contributed by atoms with Gasteiger partial charge in [-0.3, -0.25) is 9.59 Å². The van der Waals surface area contributed by atoms with Crippen LogP contribution in [0.2, 0.25) is 0 Å². The molecule has 0 saturated heterocycles. The van der Waals surface area contributed by atoms with Gasteiger partial charge in [-0.05, 0) is 37.6 Å². The molecule has 0 bridgehead atoms. The maximum atomic E-state index is 12.1. The Kier molecular flexibility index (Phi) is 5.24. The third-order valence-corrected chi connectivity index (χ3v) is 4.89. The van der Waals surface area contributed by atoms with Crippen molar-refractivity contribution < 1.29 is 18.7 Å². The van der Waals surface area contributed by atoms with Crippen LogP contribution in [-0.2, 0) is 9.53 Å². The Labute approximate surface area is 150 Å². The summed E-state index contributed by atoms with van der Waals surface area (Å²) in [5.74, 6) is -0.399. The largest absolute Gasteiger partial charge is 0.457 e. The number of aryl methyl sites for hydroxylation is 2. The lowest BCUT2D eigenvalue weighted by Crippen LogP contribution is -2.15. The summed E-state index contributed by atoms with van der Waals surface area (Å²) in [5.41, 5.74) is 2.94. The first kappa shape index (κ1) is 17.3. The molecule has 5 heteroatoms. The van der Waals surface area contributed by atoms with Crippen molar-refractivity contribution in [3.63, 3.8) is 0 Å². The highest BCUT2D eigenvalue weighted by atomic mass is 32.2. The fourth-order valence-corrected chi connectivity index (χ4v) is 3.28. The number of Topliss-reactive ketones (excluding diaryl/α,β-unsaturated/α-hetero) is 1. The number of carbonyl (C=O) groups is 2. The number of rotatable bonds is 6. The van der Waals surface area contributed by atoms with Crippen LogP contribution in [0.5, 0.6) is 0 Å². The number of thioether (sulfide) groups is 1. The molecule has 4 nitrogen and oxygen atoms in total. The highest BCUT2D eigenvalue weighted by molar-refractivity contribution is 8.00. The second-order valence-electron chi connectivity index (χ2n) is 5.79. The van der Waals surface area contributed by atoms with E-state index in [4.69, 9.17) is 9.15 Å². The molecule has 0 unspecified atom stereocenters. The summed E-state index contributed by atoms with van der Waals surface area (Å²) in [4.78, 5) is 25.0. The Balaban J connectivity index is 1.52. The summed E-state index contributed by atoms with van der Waals surface area (Å²) in [6.07, 6.45) is 0. The second-order valence-corrected chi connectivity index (χ2v) is 6.81. The number of hydrogen-bond acceptors (Lipinski definition) is 5. The fraction of sp³-hybridized carbons (Fsp3) is 0.200. The molecule has 0 fully saturated rings. The summed E-state index contributed by atoms with van der Waals surface area (Å²) in [7, 11) is 0. The Morgan fingerprint density at radius 1 is 1.08 bits per heavy atom. The monoisotopic (exact) mass is 354 g/mol. The van der Waals surface area contributed by atoms with Crippen LogP contribution in [0.4, 0.5) is 0 Å². The van der Waals surface area contributed by atoms with E-state index >= 15 is 0 Å². The van der Waals surface area contributed by atoms with Crippen LogP contribution >= 0.6 is 11.8 Å². The highest BCUT2D eigenvalue weighted by Gasteiger charge is 2.15. The number of ether oxygens (including phenoxy) is 1. The van der Waals surface area contributed by atoms with E-state index in [9.17, 15) is 9.59 Å². The van der Waals surface area contributed by atoms with Crippen molar-refractivity contribution in [2.75, 3.05) is 12.4 Å². The van der Waals surface area contributed by atoms with Crippen LogP contribution in [0.3, 0.4) is 0 Å². The van der Waals surface area contributed by atoms with Crippen LogP contribution in [0.1, 0.15) is 21.7 Å². The molecule has 0 aliphatic rings. The molecule has 1 heterocycles. The summed E-state index contributed by atoms with van der Waals surface area (Å²) in [6, 6.07) is 15.1. The zero-order chi connectivity index (χ0) is 17.8. The van der Waals surface area contributed by atoms with Gasteiger partial charge in [-0.2, -0.15) is 0 Å². The van der Waals surface area contributed by atoms with Crippen molar-refractivity contribution in [1.82, 2.24) is 0 Å². The van der Waals surface area contributed by atoms with Gasteiger partial charge in [-0.1, -0.05) is 35.9 Å². The van der Waals surface area contributed by atoms with E-state index in [0.29, 0.717) is 5.58 Å². The minimum atomic E-state index is -0.422. The normalized spacial score (nSPS) is 10.8. The first-order chi connectivity index (χ1) is 12.0. The molecule has 25 heavy (non-hydrogen) atoms. The van der Waals surface area contributed by atoms with Gasteiger partial charge in [0, 0.05) is 10.3 Å². The van der Waals surface area contributed by atoms with Crippen LogP contribution < -0.4 is 0 Å². The fourth-order valence-electron chi connectivity index (χ4n) is 2.48. The van der Waals surface area contributed by atoms with E-state index < -0.39 is 5.97 Å². The summed E-state index contributed by atoms with van der Waals surface area (Å²) in [5, 5.41) is 0.850. The number of hydrogen-bond donors (Lipinski definition) is 0. The summed E-state index contributed by atoms with van der Waals surface area (Å²) >= 11 is 1.41. The van der Waals surface area contributed by atoms with Crippen molar-refractivity contribution in [3.05, 3.63) is 65.4 Å². The molecular weight excluding hydrogens is 336 g/mol. The lowest BCUT2D eigenvalue weighted by molar-refractivity contribution is -0.139. The topological polar surface area (TPSA) is 56.5 Å². The van der Waals surface area contributed by atoms with Crippen LogP contribution in [0.25, 0.3) is 11.0 Å². The van der Waals surface area contributed by atoms with Gasteiger partial charge in [0.1, 0.15) is 5.58 Å². The van der Waals surface area contributed by atoms with Crippen molar-refractivity contribution >= 4 is 34.5 Å². The first-order valence-corrected chi connectivity index (χ1v) is 8.89. The van der Waals surface area contributed by atoms with E-state index in [0.717, 1.165) is 15.8 Å². The van der Waals surface area contributed by atoms with E-state index in [1.54, 1.807) is 12.1 Å². The molecule has 3 rings (SSSR count). The SMILES string of the molecule is Cc1ccc(SCC(=O)OCC(=O)c2cc3ccccc3o2)c(C)c1. The minimum Gasteiger partial charge on any atom is -0.457 e. The molecule has 0 radical (unpaired) electrons. The van der Waals surface area contributed by atoms with Crippen LogP contribution in [-0.4, -0.2) is 24.1 Å². The molecule has 2 aromatic carbocycles. The number of benzene rings is 2. The maximum Gasteiger partial charge on any atom is 0.316 e. The first-order valence-electron chi connectivity index (χ1n) is 7.90. The number of carbonyl (C=O) groups excluding carboxylic acids is 2. The number of furan rings is 1. The second kappa shape index (κ2) is 7.57. The van der Waals surface area contributed by atoms with Gasteiger partial charge in [0.05, 0.1) is 5.75 Å². The number of fused-ring (bicyclic) bond motifs is 1. The van der Waals surface area contributed by atoms with Gasteiger partial charge in [0.15, 0.2) is 12.4 Å². The van der Waals surface area contributed by atoms with E-state index in [1.807, 2.05) is 44.2 Å². The molecule has 0 amide bonds. The van der Waals surface area contributed by atoms with Gasteiger partial charge < -0.3 is 9.15 Å². The standard InChI is InChI=1S/C20H18O4S/c1-13-7-8-19(14(2)9-13)25-12-20(22)23-11-16(21)18-10-15-5-3-4-6-17(15)24-18/h3-10H,11-12H2,1-2H3. The molecule has 128 valence electrons. The maximum absolute atomic E-state index is 12.1. The Bertz CT molecular complexity index is 893. The van der Waals surface area contributed by atoms with E-state index in [-0.39, 0.29) is 23.9 Å². The lowest BCUT2D eigenvalue weighted by atomic mass is 10.2. The average molecular weight is 354 g/mol. The molecule has 0 aliphatic heterocycles. The Morgan fingerprint density at radius 3 is 2.64 bits per heavy atom. The zero-order valence-corrected chi connectivity index (χ0v) is 14.9. The molecule has 0 spiro atoms. The molecule has 0 aliphatic carbocycles. The molecule has 0 atom stereocenters. The predicted octanol–water partition coefficient (Wildman–Crippen LogP) is 4.57. The molecule has 3 aromatic rings. The third-order valence-electron chi connectivity index (χ3n) is 3.74. The minimum absolute atomic E-state index is 0.164. The Morgan fingerprint density at radius 2 is 1.88 bits per heavy atom. The molecule has 0 N–H and O–H groups in total. The number of para-hydroxylation sites is 1. The van der Waals surface area contributed by atoms with Crippen molar-refractivity contribution in [3.8, 4) is 0 Å². The van der Waals surface area contributed by atoms with Gasteiger partial charge >= 0.3 is 5.97 Å². The summed E-state index contributed by atoms with van der Waals surface area (Å²) < 4.78 is 10.5. The zero-order valence-electron chi connectivity index (χ0n) is 14.1. The highest BCUT2D eigenvalue weighted by Crippen LogP contribution is 2.23. The third kappa shape index (κ3) is 4.31. The van der Waals surface area contributed by atoms with Gasteiger partial charge in [0.2, 0.25) is 5.78 Å². The van der Waals surface area contributed by atoms with Crippen molar-refractivity contribution in [1.29, 1.82) is 0 Å². The number of esters is 1. The Hall–Kier alpha value is -2.53. The predicted molar refractivity (Wildman–Crippen MR) is 98.1 cm³/mol. The number of ketones is 1. The van der Waals surface area contributed by atoms with E-state index in [2.05, 4.69) is 6.07 Å².